The average Bonchev–Trinajstić information content (AvgIpc) is 2.91. The van der Waals surface area contributed by atoms with Gasteiger partial charge in [0.25, 0.3) is 0 Å². The Bertz CT molecular complexity index is 1240. The second-order valence-corrected chi connectivity index (χ2v) is 12.3. The molecule has 1 aliphatic carbocycles. The molecule has 10 heteroatoms. The van der Waals surface area contributed by atoms with Gasteiger partial charge in [0.2, 0.25) is 14.8 Å². The second-order valence-electron chi connectivity index (χ2n) is 10.2. The summed E-state index contributed by atoms with van der Waals surface area (Å²) in [5.41, 5.74) is 4.24. The number of nitriles is 1. The number of nitrogens with one attached hydrogen (secondary N) is 1. The van der Waals surface area contributed by atoms with Crippen LogP contribution in [0.15, 0.2) is 59.5 Å². The maximum absolute atomic E-state index is 14.5. The van der Waals surface area contributed by atoms with Crippen molar-refractivity contribution < 1.29 is 28.2 Å². The van der Waals surface area contributed by atoms with Gasteiger partial charge in [0.1, 0.15) is 11.4 Å². The minimum Gasteiger partial charge on any atom is -0.497 e. The minimum absolute atomic E-state index is 0.172. The Kier molecular flexibility index (Phi) is 9.08. The Morgan fingerprint density at radius 1 is 1.16 bits per heavy atom. The summed E-state index contributed by atoms with van der Waals surface area (Å²) in [6.45, 7) is 1.62. The molecular weight excluding hydrogens is 506 g/mol. The van der Waals surface area contributed by atoms with Crippen molar-refractivity contribution in [1.82, 2.24) is 5.32 Å². The molecule has 38 heavy (non-hydrogen) atoms. The molecule has 5 N–H and O–H groups in total. The number of rotatable bonds is 11. The zero-order valence-corrected chi connectivity index (χ0v) is 22.7. The number of ether oxygens (including phenoxy) is 1. The first-order valence-corrected chi connectivity index (χ1v) is 14.3. The fraction of sp³-hybridized carbons (Fsp3) is 0.500. The average molecular weight is 544 g/mol. The zero-order valence-electron chi connectivity index (χ0n) is 21.9. The van der Waals surface area contributed by atoms with Crippen molar-refractivity contribution in [2.24, 2.45) is 17.1 Å². The fourth-order valence-electron chi connectivity index (χ4n) is 6.04. The molecule has 1 saturated carbocycles. The third kappa shape index (κ3) is 5.51. The Morgan fingerprint density at radius 2 is 1.76 bits per heavy atom. The summed E-state index contributed by atoms with van der Waals surface area (Å²) in [6, 6.07) is 16.3. The monoisotopic (exact) mass is 543 g/mol. The summed E-state index contributed by atoms with van der Waals surface area (Å²) in [4.78, 5) is 9.10. The van der Waals surface area contributed by atoms with E-state index in [0.717, 1.165) is 19.3 Å². The lowest BCUT2D eigenvalue weighted by Crippen LogP contribution is -2.77. The summed E-state index contributed by atoms with van der Waals surface area (Å²) in [5.74, 6) is -0.610. The van der Waals surface area contributed by atoms with Gasteiger partial charge in [-0.15, -0.1) is 0 Å². The molecule has 0 bridgehead atoms. The van der Waals surface area contributed by atoms with E-state index in [1.165, 1.54) is 31.4 Å². The number of benzene rings is 2. The highest BCUT2D eigenvalue weighted by Gasteiger charge is 2.65. The Morgan fingerprint density at radius 3 is 2.29 bits per heavy atom. The van der Waals surface area contributed by atoms with Gasteiger partial charge in [-0.25, -0.2) is 13.2 Å². The van der Waals surface area contributed by atoms with Crippen molar-refractivity contribution in [3.63, 3.8) is 0 Å². The van der Waals surface area contributed by atoms with Gasteiger partial charge in [0.05, 0.1) is 18.1 Å². The molecule has 1 aliphatic rings. The van der Waals surface area contributed by atoms with E-state index in [2.05, 4.69) is 11.4 Å². The zero-order chi connectivity index (χ0) is 28.0. The maximum Gasteiger partial charge on any atom is 0.406 e. The van der Waals surface area contributed by atoms with Gasteiger partial charge in [-0.3, -0.25) is 5.32 Å². The predicted molar refractivity (Wildman–Crippen MR) is 143 cm³/mol. The number of hydrogen-bond acceptors (Lipinski definition) is 7. The molecule has 1 fully saturated rings. The number of amides is 1. The Labute approximate surface area is 224 Å². The molecule has 0 spiro atoms. The van der Waals surface area contributed by atoms with Gasteiger partial charge in [-0.1, -0.05) is 56.5 Å². The third-order valence-electron chi connectivity index (χ3n) is 8.16. The standard InChI is InChI=1S/C28H37N3O6S/c1-21(26(18-9-19-29)16-7-4-8-17-26)28(34,38(35,36)24-14-12-23(37-2)13-15-24)27(30,31-25(32)33)20-22-10-5-3-6-11-22/h3,5-6,10-15,21,31,34H,4,7-9,16-18,20,30H2,1-2H3,(H,32,33)/t21?,27-,28+/m0/s1. The van der Waals surface area contributed by atoms with Gasteiger partial charge in [-0.2, -0.15) is 5.26 Å². The summed E-state index contributed by atoms with van der Waals surface area (Å²) in [6.07, 6.45) is 2.42. The van der Waals surface area contributed by atoms with Gasteiger partial charge in [0, 0.05) is 18.8 Å². The molecule has 2 aromatic rings. The number of hydrogen-bond donors (Lipinski definition) is 4. The molecule has 3 atom stereocenters. The molecule has 3 rings (SSSR count). The quantitative estimate of drug-likeness (QED) is 0.306. The van der Waals surface area contributed by atoms with E-state index in [1.807, 2.05) is 0 Å². The van der Waals surface area contributed by atoms with Gasteiger partial charge in [0.15, 0.2) is 0 Å². The highest BCUT2D eigenvalue weighted by atomic mass is 32.2. The first kappa shape index (κ1) is 29.4. The highest BCUT2D eigenvalue weighted by molar-refractivity contribution is 7.92. The summed E-state index contributed by atoms with van der Waals surface area (Å²) in [5, 5.41) is 34.1. The van der Waals surface area contributed by atoms with Crippen LogP contribution in [-0.2, 0) is 16.3 Å². The second kappa shape index (κ2) is 11.7. The largest absolute Gasteiger partial charge is 0.497 e. The topological polar surface area (TPSA) is 163 Å². The highest BCUT2D eigenvalue weighted by Crippen LogP contribution is 2.54. The van der Waals surface area contributed by atoms with Crippen molar-refractivity contribution in [3.05, 3.63) is 60.2 Å². The van der Waals surface area contributed by atoms with Gasteiger partial charge < -0.3 is 20.7 Å². The van der Waals surface area contributed by atoms with E-state index in [0.29, 0.717) is 30.6 Å². The molecule has 0 aliphatic heterocycles. The van der Waals surface area contributed by atoms with Gasteiger partial charge >= 0.3 is 6.09 Å². The first-order valence-electron chi connectivity index (χ1n) is 12.8. The first-order chi connectivity index (χ1) is 18.0. The van der Waals surface area contributed by atoms with Crippen LogP contribution in [0.1, 0.15) is 57.4 Å². The van der Waals surface area contributed by atoms with E-state index in [9.17, 15) is 28.7 Å². The smallest absolute Gasteiger partial charge is 0.406 e. The van der Waals surface area contributed by atoms with Crippen molar-refractivity contribution >= 4 is 15.9 Å². The normalized spacial score (nSPS) is 19.2. The van der Waals surface area contributed by atoms with E-state index in [-0.39, 0.29) is 17.7 Å². The van der Waals surface area contributed by atoms with Crippen LogP contribution in [0.3, 0.4) is 0 Å². The number of sulfone groups is 1. The molecule has 0 saturated heterocycles. The van der Waals surface area contributed by atoms with Crippen LogP contribution in [0.5, 0.6) is 5.75 Å². The number of nitrogens with two attached hydrogens (primary N) is 1. The third-order valence-corrected chi connectivity index (χ3v) is 10.6. The molecule has 0 radical (unpaired) electrons. The number of aliphatic hydroxyl groups is 1. The maximum atomic E-state index is 14.5. The van der Waals surface area contributed by atoms with E-state index in [4.69, 9.17) is 10.5 Å². The van der Waals surface area contributed by atoms with Crippen molar-refractivity contribution in [1.29, 1.82) is 5.26 Å². The van der Waals surface area contributed by atoms with Crippen LogP contribution >= 0.6 is 0 Å². The fourth-order valence-corrected chi connectivity index (χ4v) is 8.21. The Balaban J connectivity index is 2.30. The van der Waals surface area contributed by atoms with E-state index < -0.39 is 37.9 Å². The predicted octanol–water partition coefficient (Wildman–Crippen LogP) is 4.21. The lowest BCUT2D eigenvalue weighted by atomic mass is 9.60. The Hall–Kier alpha value is -3.13. The number of nitrogens with zero attached hydrogens (tertiary/aromatic N) is 1. The lowest BCUT2D eigenvalue weighted by Gasteiger charge is -2.54. The SMILES string of the molecule is COc1ccc(S(=O)(=O)[C@](O)(C(C)C2(CCC#N)CCCCC2)[C@](N)(Cc2ccccc2)NC(=O)O)cc1. The molecular formula is C28H37N3O6S. The molecule has 1 amide bonds. The number of carbonyl (C=O) groups is 1. The van der Waals surface area contributed by atoms with Crippen molar-refractivity contribution in [3.8, 4) is 11.8 Å². The summed E-state index contributed by atoms with van der Waals surface area (Å²) in [7, 11) is -3.24. The molecule has 0 aromatic heterocycles. The van der Waals surface area contributed by atoms with Crippen LogP contribution in [0, 0.1) is 22.7 Å². The molecule has 206 valence electrons. The van der Waals surface area contributed by atoms with E-state index >= 15 is 0 Å². The van der Waals surface area contributed by atoms with Crippen LogP contribution in [0.2, 0.25) is 0 Å². The van der Waals surface area contributed by atoms with E-state index in [1.54, 1.807) is 37.3 Å². The summed E-state index contributed by atoms with van der Waals surface area (Å²) < 4.78 is 34.2. The van der Waals surface area contributed by atoms with Crippen LogP contribution in [0.25, 0.3) is 0 Å². The lowest BCUT2D eigenvalue weighted by molar-refractivity contribution is -0.0818. The van der Waals surface area contributed by atoms with Crippen LogP contribution in [0.4, 0.5) is 4.79 Å². The van der Waals surface area contributed by atoms with Crippen LogP contribution < -0.4 is 15.8 Å². The van der Waals surface area contributed by atoms with Crippen molar-refractivity contribution in [2.75, 3.05) is 7.11 Å². The number of carboxylic acid groups (broad SMARTS) is 1. The summed E-state index contributed by atoms with van der Waals surface area (Å²) >= 11 is 0. The number of methoxy groups -OCH3 is 1. The van der Waals surface area contributed by atoms with Crippen LogP contribution in [-0.4, -0.2) is 42.4 Å². The molecule has 1 unspecified atom stereocenters. The molecule has 9 nitrogen and oxygen atoms in total. The minimum atomic E-state index is -4.69. The van der Waals surface area contributed by atoms with Crippen molar-refractivity contribution in [2.45, 2.75) is 73.8 Å². The molecule has 0 heterocycles. The van der Waals surface area contributed by atoms with Gasteiger partial charge in [-0.05, 0) is 54.5 Å². The molecule has 2 aromatic carbocycles.